The summed E-state index contributed by atoms with van der Waals surface area (Å²) in [5, 5.41) is 10.4. The first-order chi connectivity index (χ1) is 15.5. The predicted octanol–water partition coefficient (Wildman–Crippen LogP) is 4.03. The molecule has 1 aromatic carbocycles. The molecule has 5 rings (SSSR count). The van der Waals surface area contributed by atoms with E-state index in [-0.39, 0.29) is 12.5 Å². The van der Waals surface area contributed by atoms with Crippen molar-refractivity contribution in [3.8, 4) is 0 Å². The maximum Gasteiger partial charge on any atom is 0.263 e. The number of thiophene rings is 1. The number of alkyl halides is 1. The van der Waals surface area contributed by atoms with Crippen molar-refractivity contribution < 1.29 is 9.18 Å². The minimum Gasteiger partial charge on any atom is -0.386 e. The first kappa shape index (κ1) is 21.2. The average Bonchev–Trinajstić information content (AvgIpc) is 3.35. The highest BCUT2D eigenvalue weighted by Gasteiger charge is 2.32. The summed E-state index contributed by atoms with van der Waals surface area (Å²) in [6, 6.07) is 12.7. The molecule has 6 nitrogen and oxygen atoms in total. The number of hydrogen-bond acceptors (Lipinski definition) is 6. The van der Waals surface area contributed by atoms with Crippen LogP contribution in [0.2, 0.25) is 0 Å². The molecule has 0 saturated carbocycles. The summed E-state index contributed by atoms with van der Waals surface area (Å²) in [6.45, 7) is 3.85. The molecule has 0 spiro atoms. The fourth-order valence-electron chi connectivity index (χ4n) is 4.76. The Labute approximate surface area is 191 Å². The molecule has 3 atom stereocenters. The molecule has 0 radical (unpaired) electrons. The third kappa shape index (κ3) is 4.04. The number of amides is 1. The van der Waals surface area contributed by atoms with Crippen molar-refractivity contribution in [2.45, 2.75) is 38.0 Å². The van der Waals surface area contributed by atoms with E-state index >= 15 is 0 Å². The van der Waals surface area contributed by atoms with Crippen LogP contribution in [0.5, 0.6) is 0 Å². The molecule has 2 bridgehead atoms. The summed E-state index contributed by atoms with van der Waals surface area (Å²) in [5.74, 6) is -0.287. The van der Waals surface area contributed by atoms with E-state index in [0.29, 0.717) is 22.5 Å². The van der Waals surface area contributed by atoms with Crippen LogP contribution in [0.15, 0.2) is 36.4 Å². The minimum absolute atomic E-state index is 0.0696. The average molecular weight is 454 g/mol. The van der Waals surface area contributed by atoms with E-state index in [0.717, 1.165) is 40.4 Å². The summed E-state index contributed by atoms with van der Waals surface area (Å²) in [5.41, 5.74) is 3.35. The molecule has 168 valence electrons. The van der Waals surface area contributed by atoms with E-state index in [1.54, 1.807) is 7.05 Å². The summed E-state index contributed by atoms with van der Waals surface area (Å²) in [4.78, 5) is 21.0. The van der Waals surface area contributed by atoms with Gasteiger partial charge in [0, 0.05) is 49.0 Å². The Morgan fingerprint density at radius 2 is 1.94 bits per heavy atom. The van der Waals surface area contributed by atoms with Gasteiger partial charge in [-0.15, -0.1) is 11.3 Å². The number of nitrogens with one attached hydrogen (secondary N) is 3. The Morgan fingerprint density at radius 1 is 1.22 bits per heavy atom. The third-order valence-corrected chi connectivity index (χ3v) is 7.53. The lowest BCUT2D eigenvalue weighted by molar-refractivity contribution is 0.0946. The van der Waals surface area contributed by atoms with Gasteiger partial charge in [0.2, 0.25) is 0 Å². The van der Waals surface area contributed by atoms with Gasteiger partial charge in [0.1, 0.15) is 15.9 Å². The fourth-order valence-corrected chi connectivity index (χ4v) is 5.90. The van der Waals surface area contributed by atoms with Gasteiger partial charge in [0.15, 0.2) is 0 Å². The molecule has 0 aliphatic carbocycles. The van der Waals surface area contributed by atoms with Crippen LogP contribution in [0.4, 0.5) is 15.8 Å². The minimum atomic E-state index is -1.26. The lowest BCUT2D eigenvalue weighted by Gasteiger charge is -2.34. The molecule has 4 heterocycles. The van der Waals surface area contributed by atoms with E-state index in [9.17, 15) is 9.18 Å². The molecular weight excluding hydrogens is 425 g/mol. The second kappa shape index (κ2) is 8.67. The molecule has 2 aliphatic heterocycles. The summed E-state index contributed by atoms with van der Waals surface area (Å²) >= 11 is 1.32. The number of pyridine rings is 1. The fraction of sp³-hybridized carbons (Fsp3) is 0.417. The Bertz CT molecular complexity index is 1120. The van der Waals surface area contributed by atoms with Crippen LogP contribution in [0.25, 0.3) is 10.2 Å². The number of fused-ring (bicyclic) bond motifs is 3. The summed E-state index contributed by atoms with van der Waals surface area (Å²) in [7, 11) is 1.78. The van der Waals surface area contributed by atoms with Crippen LogP contribution in [0, 0.1) is 6.92 Å². The zero-order valence-electron chi connectivity index (χ0n) is 18.3. The largest absolute Gasteiger partial charge is 0.386 e. The van der Waals surface area contributed by atoms with Gasteiger partial charge in [0.05, 0.1) is 12.2 Å². The van der Waals surface area contributed by atoms with Crippen LogP contribution in [0.3, 0.4) is 0 Å². The van der Waals surface area contributed by atoms with Gasteiger partial charge in [-0.05, 0) is 49.6 Å². The van der Waals surface area contributed by atoms with Crippen LogP contribution >= 0.6 is 11.3 Å². The zero-order chi connectivity index (χ0) is 22.2. The van der Waals surface area contributed by atoms with Gasteiger partial charge < -0.3 is 20.9 Å². The molecule has 0 unspecified atom stereocenters. The Balaban J connectivity index is 1.23. The predicted molar refractivity (Wildman–Crippen MR) is 129 cm³/mol. The van der Waals surface area contributed by atoms with Crippen molar-refractivity contribution in [1.82, 2.24) is 15.6 Å². The number of carbonyl (C=O) groups excluding carboxylic acids is 1. The number of piperazine rings is 1. The molecule has 2 fully saturated rings. The van der Waals surface area contributed by atoms with Gasteiger partial charge in [0.25, 0.3) is 5.91 Å². The number of halogens is 1. The highest BCUT2D eigenvalue weighted by atomic mass is 32.1. The third-order valence-electron chi connectivity index (χ3n) is 6.43. The van der Waals surface area contributed by atoms with Crippen molar-refractivity contribution in [3.63, 3.8) is 0 Å². The molecule has 1 amide bonds. The van der Waals surface area contributed by atoms with Crippen LogP contribution in [-0.4, -0.2) is 49.7 Å². The molecule has 3 N–H and O–H groups in total. The monoisotopic (exact) mass is 453 g/mol. The molecule has 2 aromatic heterocycles. The molecule has 8 heteroatoms. The quantitative estimate of drug-likeness (QED) is 0.526. The van der Waals surface area contributed by atoms with E-state index < -0.39 is 6.17 Å². The Hall–Kier alpha value is -2.71. The Morgan fingerprint density at radius 3 is 2.62 bits per heavy atom. The SMILES string of the molecule is CNc1c(C(=O)NC[C@@H](F)c2ccc(N3C[C@H]4CC[C@@H](C3)N4)cc2)sc2nc(C)ccc12. The highest BCUT2D eigenvalue weighted by molar-refractivity contribution is 7.21. The first-order valence-electron chi connectivity index (χ1n) is 11.1. The van der Waals surface area contributed by atoms with E-state index in [2.05, 4.69) is 25.8 Å². The maximum absolute atomic E-state index is 14.9. The second-order valence-electron chi connectivity index (χ2n) is 8.67. The topological polar surface area (TPSA) is 69.3 Å². The lowest BCUT2D eigenvalue weighted by atomic mass is 10.1. The maximum atomic E-state index is 14.9. The highest BCUT2D eigenvalue weighted by Crippen LogP contribution is 2.34. The molecule has 32 heavy (non-hydrogen) atoms. The smallest absolute Gasteiger partial charge is 0.263 e. The van der Waals surface area contributed by atoms with Crippen molar-refractivity contribution in [3.05, 3.63) is 52.5 Å². The number of benzene rings is 1. The van der Waals surface area contributed by atoms with Crippen molar-refractivity contribution in [1.29, 1.82) is 0 Å². The van der Waals surface area contributed by atoms with E-state index in [4.69, 9.17) is 0 Å². The number of carbonyl (C=O) groups is 1. The van der Waals surface area contributed by atoms with E-state index in [1.807, 2.05) is 43.3 Å². The number of rotatable bonds is 6. The summed E-state index contributed by atoms with van der Waals surface area (Å²) < 4.78 is 14.9. The van der Waals surface area contributed by atoms with Gasteiger partial charge in [-0.2, -0.15) is 0 Å². The van der Waals surface area contributed by atoms with Crippen molar-refractivity contribution in [2.75, 3.05) is 36.9 Å². The zero-order valence-corrected chi connectivity index (χ0v) is 19.1. The van der Waals surface area contributed by atoms with Crippen molar-refractivity contribution >= 4 is 38.8 Å². The van der Waals surface area contributed by atoms with Gasteiger partial charge >= 0.3 is 0 Å². The van der Waals surface area contributed by atoms with Gasteiger partial charge in [-0.1, -0.05) is 12.1 Å². The van der Waals surface area contributed by atoms with Crippen molar-refractivity contribution in [2.24, 2.45) is 0 Å². The number of aryl methyl sites for hydroxylation is 1. The molecule has 3 aromatic rings. The standard InChI is InChI=1S/C24H28FN5OS/c1-14-3-10-19-21(26-2)22(32-24(19)28-14)23(31)27-11-20(25)15-4-8-18(9-5-15)30-12-16-6-7-17(13-30)29-16/h3-5,8-10,16-17,20,26,29H,6-7,11-13H2,1-2H3,(H,27,31)/t16-,17+,20-/m1/s1. The lowest BCUT2D eigenvalue weighted by Crippen LogP contribution is -2.51. The molecule has 2 aliphatic rings. The summed E-state index contributed by atoms with van der Waals surface area (Å²) in [6.07, 6.45) is 1.20. The van der Waals surface area contributed by atoms with Crippen LogP contribution < -0.4 is 20.9 Å². The van der Waals surface area contributed by atoms with Crippen LogP contribution in [0.1, 0.15) is 39.9 Å². The Kier molecular flexibility index (Phi) is 5.73. The number of aromatic nitrogens is 1. The van der Waals surface area contributed by atoms with Gasteiger partial charge in [-0.25, -0.2) is 9.37 Å². The number of anilines is 2. The first-order valence-corrected chi connectivity index (χ1v) is 11.9. The van der Waals surface area contributed by atoms with Crippen LogP contribution in [-0.2, 0) is 0 Å². The molecular formula is C24H28FN5OS. The van der Waals surface area contributed by atoms with Gasteiger partial charge in [-0.3, -0.25) is 4.79 Å². The van der Waals surface area contributed by atoms with E-state index in [1.165, 1.54) is 24.2 Å². The number of nitrogens with zero attached hydrogens (tertiary/aromatic N) is 2. The normalized spacial score (nSPS) is 21.0. The second-order valence-corrected chi connectivity index (χ2v) is 9.67. The molecule has 2 saturated heterocycles. The number of hydrogen-bond donors (Lipinski definition) is 3.